The molecule has 0 atom stereocenters. The van der Waals surface area contributed by atoms with E-state index in [1.807, 2.05) is 0 Å². The van der Waals surface area contributed by atoms with Crippen molar-refractivity contribution in [2.75, 3.05) is 19.5 Å². The Labute approximate surface area is 132 Å². The van der Waals surface area contributed by atoms with Crippen molar-refractivity contribution in [3.63, 3.8) is 0 Å². The van der Waals surface area contributed by atoms with E-state index in [1.54, 1.807) is 24.3 Å². The SMILES string of the molecule is COc1cc(NC(=O)Cc2cccc(F)c2)c(OC)cc1Cl. The number of nitrogens with one attached hydrogen (secondary N) is 1. The Morgan fingerprint density at radius 3 is 2.55 bits per heavy atom. The first kappa shape index (κ1) is 16.1. The van der Waals surface area contributed by atoms with Crippen LogP contribution in [0.1, 0.15) is 5.56 Å². The summed E-state index contributed by atoms with van der Waals surface area (Å²) < 4.78 is 23.4. The van der Waals surface area contributed by atoms with E-state index in [0.29, 0.717) is 27.8 Å². The van der Waals surface area contributed by atoms with Gasteiger partial charge in [0.25, 0.3) is 0 Å². The van der Waals surface area contributed by atoms with Gasteiger partial charge in [-0.15, -0.1) is 0 Å². The standard InChI is InChI=1S/C16H15ClFNO3/c1-21-14-9-13(15(22-2)8-12(14)17)19-16(20)7-10-4-3-5-11(18)6-10/h3-6,8-9H,7H2,1-2H3,(H,19,20). The Morgan fingerprint density at radius 2 is 1.91 bits per heavy atom. The number of hydrogen-bond acceptors (Lipinski definition) is 3. The molecule has 2 rings (SSSR count). The van der Waals surface area contributed by atoms with Crippen LogP contribution in [0.3, 0.4) is 0 Å². The molecule has 0 aliphatic rings. The molecule has 1 amide bonds. The number of halogens is 2. The van der Waals surface area contributed by atoms with Crippen molar-refractivity contribution in [2.45, 2.75) is 6.42 Å². The number of anilines is 1. The lowest BCUT2D eigenvalue weighted by Gasteiger charge is -2.13. The third-order valence-electron chi connectivity index (χ3n) is 3.00. The predicted molar refractivity (Wildman–Crippen MR) is 83.3 cm³/mol. The molecule has 0 bridgehead atoms. The summed E-state index contributed by atoms with van der Waals surface area (Å²) in [5, 5.41) is 3.08. The number of hydrogen-bond donors (Lipinski definition) is 1. The second-order valence-corrected chi connectivity index (χ2v) is 4.95. The van der Waals surface area contributed by atoms with Gasteiger partial charge in [-0.2, -0.15) is 0 Å². The van der Waals surface area contributed by atoms with E-state index in [2.05, 4.69) is 5.32 Å². The molecule has 0 aromatic heterocycles. The summed E-state index contributed by atoms with van der Waals surface area (Å²) in [6, 6.07) is 9.02. The number of ether oxygens (including phenoxy) is 2. The number of carbonyl (C=O) groups excluding carboxylic acids is 1. The lowest BCUT2D eigenvalue weighted by Crippen LogP contribution is -2.15. The molecule has 2 aromatic carbocycles. The maximum atomic E-state index is 13.1. The molecule has 0 aliphatic carbocycles. The van der Waals surface area contributed by atoms with E-state index in [9.17, 15) is 9.18 Å². The minimum atomic E-state index is -0.379. The minimum Gasteiger partial charge on any atom is -0.495 e. The Morgan fingerprint density at radius 1 is 1.18 bits per heavy atom. The van der Waals surface area contributed by atoms with Crippen LogP contribution in [-0.2, 0) is 11.2 Å². The maximum Gasteiger partial charge on any atom is 0.228 e. The average Bonchev–Trinajstić information content (AvgIpc) is 2.48. The molecule has 0 unspecified atom stereocenters. The number of rotatable bonds is 5. The fraction of sp³-hybridized carbons (Fsp3) is 0.188. The van der Waals surface area contributed by atoms with E-state index >= 15 is 0 Å². The number of carbonyl (C=O) groups is 1. The maximum absolute atomic E-state index is 13.1. The highest BCUT2D eigenvalue weighted by Crippen LogP contribution is 2.35. The smallest absolute Gasteiger partial charge is 0.228 e. The van der Waals surface area contributed by atoms with Crippen molar-refractivity contribution in [1.29, 1.82) is 0 Å². The molecule has 2 aromatic rings. The third-order valence-corrected chi connectivity index (χ3v) is 3.30. The lowest BCUT2D eigenvalue weighted by atomic mass is 10.1. The normalized spacial score (nSPS) is 10.2. The number of methoxy groups -OCH3 is 2. The predicted octanol–water partition coefficient (Wildman–Crippen LogP) is 3.68. The van der Waals surface area contributed by atoms with Gasteiger partial charge in [0.2, 0.25) is 5.91 Å². The van der Waals surface area contributed by atoms with E-state index in [4.69, 9.17) is 21.1 Å². The molecule has 0 heterocycles. The van der Waals surface area contributed by atoms with Crippen molar-refractivity contribution in [1.82, 2.24) is 0 Å². The van der Waals surface area contributed by atoms with Crippen LogP contribution in [0.4, 0.5) is 10.1 Å². The lowest BCUT2D eigenvalue weighted by molar-refractivity contribution is -0.115. The van der Waals surface area contributed by atoms with Crippen molar-refractivity contribution < 1.29 is 18.7 Å². The van der Waals surface area contributed by atoms with Crippen molar-refractivity contribution >= 4 is 23.2 Å². The fourth-order valence-electron chi connectivity index (χ4n) is 1.98. The topological polar surface area (TPSA) is 47.6 Å². The molecule has 0 spiro atoms. The van der Waals surface area contributed by atoms with Crippen LogP contribution in [0.5, 0.6) is 11.5 Å². The Hall–Kier alpha value is -2.27. The van der Waals surface area contributed by atoms with E-state index < -0.39 is 0 Å². The monoisotopic (exact) mass is 323 g/mol. The second kappa shape index (κ2) is 7.13. The minimum absolute atomic E-state index is 0.0475. The summed E-state index contributed by atoms with van der Waals surface area (Å²) in [6.07, 6.45) is 0.0475. The number of benzene rings is 2. The van der Waals surface area contributed by atoms with Crippen LogP contribution in [0, 0.1) is 5.82 Å². The Bertz CT molecular complexity index is 691. The Balaban J connectivity index is 2.17. The molecule has 0 saturated heterocycles. The van der Waals surface area contributed by atoms with Gasteiger partial charge >= 0.3 is 0 Å². The Kier molecular flexibility index (Phi) is 5.22. The van der Waals surface area contributed by atoms with Gasteiger partial charge in [-0.1, -0.05) is 23.7 Å². The summed E-state index contributed by atoms with van der Waals surface area (Å²) in [7, 11) is 2.95. The molecular weight excluding hydrogens is 309 g/mol. The summed E-state index contributed by atoms with van der Waals surface area (Å²) >= 11 is 6.00. The van der Waals surface area contributed by atoms with E-state index in [1.165, 1.54) is 26.4 Å². The molecule has 1 N–H and O–H groups in total. The molecule has 116 valence electrons. The van der Waals surface area contributed by atoms with Gasteiger partial charge < -0.3 is 14.8 Å². The highest BCUT2D eigenvalue weighted by molar-refractivity contribution is 6.32. The van der Waals surface area contributed by atoms with Gasteiger partial charge in [-0.05, 0) is 17.7 Å². The molecular formula is C16H15ClFNO3. The van der Waals surface area contributed by atoms with Crippen LogP contribution < -0.4 is 14.8 Å². The van der Waals surface area contributed by atoms with Crippen LogP contribution >= 0.6 is 11.6 Å². The fourth-order valence-corrected chi connectivity index (χ4v) is 2.22. The molecule has 0 fully saturated rings. The van der Waals surface area contributed by atoms with Gasteiger partial charge in [0.1, 0.15) is 17.3 Å². The van der Waals surface area contributed by atoms with Gasteiger partial charge in [-0.25, -0.2) is 4.39 Å². The largest absolute Gasteiger partial charge is 0.495 e. The van der Waals surface area contributed by atoms with Crippen LogP contribution in [0.25, 0.3) is 0 Å². The number of amides is 1. The molecule has 22 heavy (non-hydrogen) atoms. The van der Waals surface area contributed by atoms with E-state index in [0.717, 1.165) is 0 Å². The van der Waals surface area contributed by atoms with Crippen molar-refractivity contribution in [2.24, 2.45) is 0 Å². The third kappa shape index (κ3) is 3.89. The summed E-state index contributed by atoms with van der Waals surface area (Å²) in [6.45, 7) is 0. The molecule has 0 saturated carbocycles. The molecule has 0 radical (unpaired) electrons. The summed E-state index contributed by atoms with van der Waals surface area (Å²) in [5.74, 6) is 0.159. The van der Waals surface area contributed by atoms with Gasteiger partial charge in [0, 0.05) is 12.1 Å². The highest BCUT2D eigenvalue weighted by atomic mass is 35.5. The van der Waals surface area contributed by atoms with Crippen LogP contribution in [0.2, 0.25) is 5.02 Å². The molecule has 0 aliphatic heterocycles. The van der Waals surface area contributed by atoms with Crippen LogP contribution in [0.15, 0.2) is 36.4 Å². The highest BCUT2D eigenvalue weighted by Gasteiger charge is 2.13. The molecule has 4 nitrogen and oxygen atoms in total. The average molecular weight is 324 g/mol. The summed E-state index contributed by atoms with van der Waals surface area (Å²) in [5.41, 5.74) is 1.02. The first-order valence-electron chi connectivity index (χ1n) is 6.49. The van der Waals surface area contributed by atoms with Gasteiger partial charge in [0.15, 0.2) is 0 Å². The van der Waals surface area contributed by atoms with E-state index in [-0.39, 0.29) is 18.1 Å². The van der Waals surface area contributed by atoms with Crippen molar-refractivity contribution in [3.05, 3.63) is 52.8 Å². The summed E-state index contributed by atoms with van der Waals surface area (Å²) in [4.78, 5) is 12.1. The van der Waals surface area contributed by atoms with Crippen molar-refractivity contribution in [3.8, 4) is 11.5 Å². The first-order chi connectivity index (χ1) is 10.5. The zero-order chi connectivity index (χ0) is 16.1. The van der Waals surface area contributed by atoms with Gasteiger partial charge in [-0.3, -0.25) is 4.79 Å². The molecule has 6 heteroatoms. The van der Waals surface area contributed by atoms with Crippen LogP contribution in [-0.4, -0.2) is 20.1 Å². The zero-order valence-electron chi connectivity index (χ0n) is 12.2. The van der Waals surface area contributed by atoms with Gasteiger partial charge in [0.05, 0.1) is 31.4 Å². The zero-order valence-corrected chi connectivity index (χ0v) is 12.9. The quantitative estimate of drug-likeness (QED) is 0.913. The first-order valence-corrected chi connectivity index (χ1v) is 6.87. The second-order valence-electron chi connectivity index (χ2n) is 4.54.